The fourth-order valence-electron chi connectivity index (χ4n) is 3.10. The Kier molecular flexibility index (Phi) is 5.48. The number of aromatic nitrogens is 2. The normalized spacial score (nSPS) is 14.4. The van der Waals surface area contributed by atoms with Crippen LogP contribution in [0.5, 0.6) is 0 Å². The molecule has 1 aromatic carbocycles. The van der Waals surface area contributed by atoms with Crippen molar-refractivity contribution >= 4 is 27.3 Å². The maximum absolute atomic E-state index is 12.6. The lowest BCUT2D eigenvalue weighted by atomic mass is 10.1. The van der Waals surface area contributed by atoms with Gasteiger partial charge < -0.3 is 9.32 Å². The van der Waals surface area contributed by atoms with Crippen LogP contribution in [0.1, 0.15) is 34.7 Å². The van der Waals surface area contributed by atoms with Gasteiger partial charge in [0.15, 0.2) is 0 Å². The second kappa shape index (κ2) is 8.05. The third-order valence-electron chi connectivity index (χ3n) is 4.80. The SMILES string of the molecule is Cc1ccccc1CNS(=O)(=O)c1cc(-c2nnc(C(=O)N3CCCC3)o2)cs1. The first-order valence-corrected chi connectivity index (χ1v) is 11.6. The maximum Gasteiger partial charge on any atom is 0.311 e. The Balaban J connectivity index is 1.48. The van der Waals surface area contributed by atoms with E-state index in [2.05, 4.69) is 14.9 Å². The molecule has 4 rings (SSSR count). The maximum atomic E-state index is 12.6. The van der Waals surface area contributed by atoms with Crippen molar-refractivity contribution < 1.29 is 17.6 Å². The molecule has 10 heteroatoms. The molecular weight excluding hydrogens is 412 g/mol. The van der Waals surface area contributed by atoms with E-state index in [1.54, 1.807) is 10.3 Å². The molecule has 29 heavy (non-hydrogen) atoms. The molecule has 1 N–H and O–H groups in total. The summed E-state index contributed by atoms with van der Waals surface area (Å²) in [6.45, 7) is 3.51. The molecule has 0 bridgehead atoms. The number of nitrogens with zero attached hydrogens (tertiary/aromatic N) is 3. The predicted molar refractivity (Wildman–Crippen MR) is 108 cm³/mol. The highest BCUT2D eigenvalue weighted by Crippen LogP contribution is 2.28. The minimum atomic E-state index is -3.68. The zero-order valence-corrected chi connectivity index (χ0v) is 17.4. The number of thiophene rings is 1. The van der Waals surface area contributed by atoms with E-state index in [9.17, 15) is 13.2 Å². The Morgan fingerprint density at radius 2 is 2.00 bits per heavy atom. The molecule has 1 amide bonds. The molecule has 0 saturated carbocycles. The molecule has 1 aliphatic heterocycles. The number of nitrogens with one attached hydrogen (secondary N) is 1. The number of benzene rings is 1. The lowest BCUT2D eigenvalue weighted by Crippen LogP contribution is -2.27. The zero-order chi connectivity index (χ0) is 20.4. The van der Waals surface area contributed by atoms with Crippen LogP contribution in [-0.2, 0) is 16.6 Å². The molecule has 0 radical (unpaired) electrons. The van der Waals surface area contributed by atoms with Gasteiger partial charge in [0.05, 0.1) is 5.56 Å². The highest BCUT2D eigenvalue weighted by atomic mass is 32.2. The Labute approximate surface area is 172 Å². The number of carbonyl (C=O) groups is 1. The van der Waals surface area contributed by atoms with E-state index in [-0.39, 0.29) is 28.4 Å². The van der Waals surface area contributed by atoms with Crippen molar-refractivity contribution in [1.29, 1.82) is 0 Å². The number of rotatable bonds is 6. The summed E-state index contributed by atoms with van der Waals surface area (Å²) in [6.07, 6.45) is 1.93. The minimum Gasteiger partial charge on any atom is -0.412 e. The van der Waals surface area contributed by atoms with Gasteiger partial charge in [-0.05, 0) is 37.0 Å². The van der Waals surface area contributed by atoms with Crippen LogP contribution in [0, 0.1) is 6.92 Å². The zero-order valence-electron chi connectivity index (χ0n) is 15.8. The summed E-state index contributed by atoms with van der Waals surface area (Å²) in [5, 5.41) is 9.36. The summed E-state index contributed by atoms with van der Waals surface area (Å²) >= 11 is 1.06. The van der Waals surface area contributed by atoms with Gasteiger partial charge in [0.2, 0.25) is 15.9 Å². The molecule has 1 fully saturated rings. The minimum absolute atomic E-state index is 0.0739. The molecule has 2 aromatic heterocycles. The Morgan fingerprint density at radius 1 is 1.24 bits per heavy atom. The van der Waals surface area contributed by atoms with Crippen molar-refractivity contribution in [3.63, 3.8) is 0 Å². The highest BCUT2D eigenvalue weighted by molar-refractivity contribution is 7.91. The third-order valence-corrected chi connectivity index (χ3v) is 7.64. The van der Waals surface area contributed by atoms with Crippen molar-refractivity contribution in [3.8, 4) is 11.5 Å². The Bertz CT molecular complexity index is 1130. The number of amides is 1. The molecule has 3 aromatic rings. The molecule has 0 atom stereocenters. The van der Waals surface area contributed by atoms with Gasteiger partial charge in [-0.3, -0.25) is 4.79 Å². The van der Waals surface area contributed by atoms with Gasteiger partial charge in [-0.2, -0.15) is 0 Å². The van der Waals surface area contributed by atoms with Crippen LogP contribution in [-0.4, -0.2) is 42.5 Å². The van der Waals surface area contributed by atoms with Crippen LogP contribution < -0.4 is 4.72 Å². The van der Waals surface area contributed by atoms with Gasteiger partial charge in [-0.15, -0.1) is 21.5 Å². The Morgan fingerprint density at radius 3 is 2.76 bits per heavy atom. The second-order valence-corrected chi connectivity index (χ2v) is 9.72. The summed E-state index contributed by atoms with van der Waals surface area (Å²) in [5.41, 5.74) is 2.40. The van der Waals surface area contributed by atoms with Gasteiger partial charge >= 0.3 is 11.8 Å². The fourth-order valence-corrected chi connectivity index (χ4v) is 5.31. The van der Waals surface area contributed by atoms with Gasteiger partial charge in [-0.25, -0.2) is 13.1 Å². The smallest absolute Gasteiger partial charge is 0.311 e. The van der Waals surface area contributed by atoms with Gasteiger partial charge in [-0.1, -0.05) is 24.3 Å². The van der Waals surface area contributed by atoms with Crippen LogP contribution in [0.4, 0.5) is 0 Å². The standard InChI is InChI=1S/C19H20N4O4S2/c1-13-6-2-3-7-14(13)11-20-29(25,26)16-10-15(12-28-16)17-21-22-18(27-17)19(24)23-8-4-5-9-23/h2-3,6-7,10,12,20H,4-5,8-9,11H2,1H3. The monoisotopic (exact) mass is 432 g/mol. The number of sulfonamides is 1. The van der Waals surface area contributed by atoms with Crippen LogP contribution >= 0.6 is 11.3 Å². The van der Waals surface area contributed by atoms with E-state index in [0.29, 0.717) is 18.7 Å². The van der Waals surface area contributed by atoms with Crippen LogP contribution in [0.15, 0.2) is 44.3 Å². The number of hydrogen-bond acceptors (Lipinski definition) is 7. The lowest BCUT2D eigenvalue weighted by molar-refractivity contribution is 0.0754. The summed E-state index contributed by atoms with van der Waals surface area (Å²) in [7, 11) is -3.68. The highest BCUT2D eigenvalue weighted by Gasteiger charge is 2.25. The quantitative estimate of drug-likeness (QED) is 0.642. The second-order valence-electron chi connectivity index (χ2n) is 6.82. The molecule has 1 saturated heterocycles. The van der Waals surface area contributed by atoms with Gasteiger partial charge in [0.1, 0.15) is 4.21 Å². The van der Waals surface area contributed by atoms with Crippen LogP contribution in [0.25, 0.3) is 11.5 Å². The molecule has 152 valence electrons. The van der Waals surface area contributed by atoms with Crippen LogP contribution in [0.2, 0.25) is 0 Å². The van der Waals surface area contributed by atoms with E-state index < -0.39 is 10.0 Å². The van der Waals surface area contributed by atoms with Crippen molar-refractivity contribution in [2.75, 3.05) is 13.1 Å². The van der Waals surface area contributed by atoms with E-state index in [1.807, 2.05) is 31.2 Å². The van der Waals surface area contributed by atoms with Crippen molar-refractivity contribution in [3.05, 3.63) is 52.7 Å². The largest absolute Gasteiger partial charge is 0.412 e. The lowest BCUT2D eigenvalue weighted by Gasteiger charge is -2.11. The first kappa shape index (κ1) is 19.7. The Hall–Kier alpha value is -2.56. The fraction of sp³-hybridized carbons (Fsp3) is 0.316. The van der Waals surface area contributed by atoms with E-state index >= 15 is 0 Å². The van der Waals surface area contributed by atoms with Gasteiger partial charge in [0.25, 0.3) is 0 Å². The number of likely N-dealkylation sites (tertiary alicyclic amines) is 1. The van der Waals surface area contributed by atoms with Crippen LogP contribution in [0.3, 0.4) is 0 Å². The number of carbonyl (C=O) groups excluding carboxylic acids is 1. The number of hydrogen-bond donors (Lipinski definition) is 1. The summed E-state index contributed by atoms with van der Waals surface area (Å²) in [6, 6.07) is 9.07. The third kappa shape index (κ3) is 4.24. The first-order chi connectivity index (χ1) is 13.9. The molecule has 3 heterocycles. The molecule has 8 nitrogen and oxygen atoms in total. The topological polar surface area (TPSA) is 105 Å². The number of aryl methyl sites for hydroxylation is 1. The van der Waals surface area contributed by atoms with E-state index in [0.717, 1.165) is 35.3 Å². The van der Waals surface area contributed by atoms with Crippen molar-refractivity contribution in [2.45, 2.75) is 30.5 Å². The average molecular weight is 433 g/mol. The average Bonchev–Trinajstić information content (AvgIpc) is 3.48. The summed E-state index contributed by atoms with van der Waals surface area (Å²) in [4.78, 5) is 14.0. The molecule has 1 aliphatic rings. The van der Waals surface area contributed by atoms with Crippen molar-refractivity contribution in [2.24, 2.45) is 0 Å². The molecule has 0 unspecified atom stereocenters. The summed E-state index contributed by atoms with van der Waals surface area (Å²) < 4.78 is 33.5. The summed E-state index contributed by atoms with van der Waals surface area (Å²) in [5.74, 6) is -0.233. The van der Waals surface area contributed by atoms with Crippen molar-refractivity contribution in [1.82, 2.24) is 19.8 Å². The van der Waals surface area contributed by atoms with E-state index in [1.165, 1.54) is 6.07 Å². The molecule has 0 aliphatic carbocycles. The van der Waals surface area contributed by atoms with Gasteiger partial charge in [0, 0.05) is 25.0 Å². The predicted octanol–water partition coefficient (Wildman–Crippen LogP) is 2.82. The molecular formula is C19H20N4O4S2. The first-order valence-electron chi connectivity index (χ1n) is 9.20. The van der Waals surface area contributed by atoms with E-state index in [4.69, 9.17) is 4.42 Å². The molecule has 0 spiro atoms.